The molecule has 1 N–H and O–H groups in total. The van der Waals surface area contributed by atoms with E-state index in [1.54, 1.807) is 37.9 Å². The highest BCUT2D eigenvalue weighted by Gasteiger charge is 2.20. The molecule has 0 aromatic carbocycles. The molecule has 0 bridgehead atoms. The Kier molecular flexibility index (Phi) is 4.27. The second-order valence-corrected chi connectivity index (χ2v) is 7.00. The third kappa shape index (κ3) is 2.92. The average molecular weight is 342 g/mol. The maximum Gasteiger partial charge on any atom is 0.351 e. The van der Waals surface area contributed by atoms with Gasteiger partial charge in [-0.3, -0.25) is 4.98 Å². The molecule has 3 aromatic rings. The topological polar surface area (TPSA) is 57.1 Å². The van der Waals surface area contributed by atoms with Gasteiger partial charge in [0.25, 0.3) is 0 Å². The Hall–Kier alpha value is -2.25. The minimum Gasteiger partial charge on any atom is -0.333 e. The largest absolute Gasteiger partial charge is 0.351 e. The molecule has 0 amide bonds. The summed E-state index contributed by atoms with van der Waals surface area (Å²) in [7, 11) is 0. The van der Waals surface area contributed by atoms with Crippen LogP contribution in [0.25, 0.3) is 16.4 Å². The van der Waals surface area contributed by atoms with Crippen molar-refractivity contribution in [1.82, 2.24) is 19.3 Å². The van der Waals surface area contributed by atoms with Gasteiger partial charge in [-0.05, 0) is 23.6 Å². The average Bonchev–Trinajstić information content (AvgIpc) is 3.35. The molecule has 4 heterocycles. The Bertz CT molecular complexity index is 847. The fraction of sp³-hybridized carbons (Fsp3) is 0.353. The summed E-state index contributed by atoms with van der Waals surface area (Å²) in [6, 6.07) is 7.67. The number of hydrogen-bond donors (Lipinski definition) is 1. The van der Waals surface area contributed by atoms with E-state index in [4.69, 9.17) is 0 Å². The maximum atomic E-state index is 12.9. The molecule has 0 spiro atoms. The van der Waals surface area contributed by atoms with Gasteiger partial charge < -0.3 is 4.90 Å². The summed E-state index contributed by atoms with van der Waals surface area (Å²) in [6.07, 6.45) is 5.98. The Morgan fingerprint density at radius 2 is 1.96 bits per heavy atom. The monoisotopic (exact) mass is 342 g/mol. The third-order valence-electron chi connectivity index (χ3n) is 4.49. The van der Waals surface area contributed by atoms with E-state index in [2.05, 4.69) is 10.1 Å². The second-order valence-electron chi connectivity index (χ2n) is 6.05. The van der Waals surface area contributed by atoms with Gasteiger partial charge in [-0.1, -0.05) is 6.07 Å². The van der Waals surface area contributed by atoms with Gasteiger partial charge in [0.05, 0.1) is 36.7 Å². The third-order valence-corrected chi connectivity index (χ3v) is 5.36. The molecule has 0 aliphatic carbocycles. The van der Waals surface area contributed by atoms with E-state index in [-0.39, 0.29) is 5.69 Å². The minimum absolute atomic E-state index is 0.0804. The molecule has 124 valence electrons. The van der Waals surface area contributed by atoms with Crippen LogP contribution in [-0.4, -0.2) is 39.0 Å². The standard InChI is InChI=1S/C17H19N5OS/c23-17-21(12-11-20-9-1-2-10-20)19-16(15-4-3-13-24-15)22(17)14-5-7-18-8-6-14/h3-8,13H,1-2,9-12H2/p+1. The first-order valence-corrected chi connectivity index (χ1v) is 9.18. The molecule has 0 atom stereocenters. The molecule has 7 heteroatoms. The number of quaternary nitrogens is 1. The van der Waals surface area contributed by atoms with Crippen molar-refractivity contribution in [3.05, 3.63) is 52.5 Å². The van der Waals surface area contributed by atoms with Crippen LogP contribution in [0.4, 0.5) is 0 Å². The van der Waals surface area contributed by atoms with Crippen molar-refractivity contribution >= 4 is 11.3 Å². The zero-order valence-electron chi connectivity index (χ0n) is 13.4. The van der Waals surface area contributed by atoms with Gasteiger partial charge in [-0.2, -0.15) is 0 Å². The Morgan fingerprint density at radius 3 is 2.67 bits per heavy atom. The van der Waals surface area contributed by atoms with Gasteiger partial charge in [0.15, 0.2) is 5.82 Å². The molecule has 0 saturated carbocycles. The molecule has 1 aliphatic heterocycles. The van der Waals surface area contributed by atoms with Crippen LogP contribution in [0.5, 0.6) is 0 Å². The second kappa shape index (κ2) is 6.70. The summed E-state index contributed by atoms with van der Waals surface area (Å²) in [6.45, 7) is 4.02. The quantitative estimate of drug-likeness (QED) is 0.747. The Balaban J connectivity index is 1.72. The number of rotatable bonds is 5. The first kappa shape index (κ1) is 15.3. The molecule has 0 radical (unpaired) electrons. The Morgan fingerprint density at radius 1 is 1.17 bits per heavy atom. The minimum atomic E-state index is -0.0804. The van der Waals surface area contributed by atoms with E-state index in [1.807, 2.05) is 29.6 Å². The number of thiophene rings is 1. The van der Waals surface area contributed by atoms with Gasteiger partial charge in [0, 0.05) is 25.2 Å². The summed E-state index contributed by atoms with van der Waals surface area (Å²) in [5.41, 5.74) is 0.723. The van der Waals surface area contributed by atoms with Crippen LogP contribution in [-0.2, 0) is 6.54 Å². The normalized spacial score (nSPS) is 15.2. The Labute approximate surface area is 144 Å². The highest BCUT2D eigenvalue weighted by molar-refractivity contribution is 7.13. The van der Waals surface area contributed by atoms with Gasteiger partial charge in [0.1, 0.15) is 0 Å². The predicted octanol–water partition coefficient (Wildman–Crippen LogP) is 0.836. The molecule has 1 aliphatic rings. The lowest BCUT2D eigenvalue weighted by Crippen LogP contribution is -3.10. The number of hydrogen-bond acceptors (Lipinski definition) is 4. The zero-order chi connectivity index (χ0) is 16.4. The van der Waals surface area contributed by atoms with Crippen LogP contribution in [0.3, 0.4) is 0 Å². The van der Waals surface area contributed by atoms with Crippen molar-refractivity contribution in [2.75, 3.05) is 19.6 Å². The zero-order valence-corrected chi connectivity index (χ0v) is 14.2. The lowest BCUT2D eigenvalue weighted by Gasteiger charge is -2.10. The van der Waals surface area contributed by atoms with Crippen molar-refractivity contribution < 1.29 is 4.90 Å². The lowest BCUT2D eigenvalue weighted by molar-refractivity contribution is -0.888. The summed E-state index contributed by atoms with van der Waals surface area (Å²) >= 11 is 1.59. The first-order chi connectivity index (χ1) is 11.8. The van der Waals surface area contributed by atoms with Crippen molar-refractivity contribution in [3.63, 3.8) is 0 Å². The summed E-state index contributed by atoms with van der Waals surface area (Å²) in [5.74, 6) is 0.706. The molecule has 3 aromatic heterocycles. The fourth-order valence-electron chi connectivity index (χ4n) is 3.23. The van der Waals surface area contributed by atoms with Crippen molar-refractivity contribution in [3.8, 4) is 16.4 Å². The summed E-state index contributed by atoms with van der Waals surface area (Å²) in [5, 5.41) is 6.64. The molecule has 1 fully saturated rings. The smallest absolute Gasteiger partial charge is 0.333 e. The van der Waals surface area contributed by atoms with E-state index in [1.165, 1.54) is 25.9 Å². The van der Waals surface area contributed by atoms with Crippen molar-refractivity contribution in [2.24, 2.45) is 0 Å². The van der Waals surface area contributed by atoms with Gasteiger partial charge >= 0.3 is 5.69 Å². The molecule has 1 saturated heterocycles. The van der Waals surface area contributed by atoms with Crippen LogP contribution in [0, 0.1) is 0 Å². The highest BCUT2D eigenvalue weighted by Crippen LogP contribution is 2.23. The molecular weight excluding hydrogens is 322 g/mol. The lowest BCUT2D eigenvalue weighted by atomic mass is 10.3. The number of pyridine rings is 1. The fourth-order valence-corrected chi connectivity index (χ4v) is 3.93. The van der Waals surface area contributed by atoms with Gasteiger partial charge in [-0.15, -0.1) is 16.4 Å². The van der Waals surface area contributed by atoms with Crippen LogP contribution < -0.4 is 10.6 Å². The maximum absolute atomic E-state index is 12.9. The van der Waals surface area contributed by atoms with E-state index in [0.29, 0.717) is 12.4 Å². The van der Waals surface area contributed by atoms with Gasteiger partial charge in [0.2, 0.25) is 0 Å². The van der Waals surface area contributed by atoms with E-state index >= 15 is 0 Å². The van der Waals surface area contributed by atoms with Crippen molar-refractivity contribution in [2.45, 2.75) is 19.4 Å². The molecular formula is C17H20N5OS+. The van der Waals surface area contributed by atoms with E-state index < -0.39 is 0 Å². The molecule has 24 heavy (non-hydrogen) atoms. The summed E-state index contributed by atoms with van der Waals surface area (Å²) in [4.78, 5) is 19.5. The van der Waals surface area contributed by atoms with E-state index in [0.717, 1.165) is 17.1 Å². The molecule has 0 unspecified atom stereocenters. The van der Waals surface area contributed by atoms with Crippen LogP contribution in [0.2, 0.25) is 0 Å². The first-order valence-electron chi connectivity index (χ1n) is 8.30. The number of nitrogens with zero attached hydrogens (tertiary/aromatic N) is 4. The SMILES string of the molecule is O=c1n(CC[NH+]2CCCC2)nc(-c2cccs2)n1-c1ccncc1. The molecule has 4 rings (SSSR count). The number of likely N-dealkylation sites (tertiary alicyclic amines) is 1. The number of nitrogens with one attached hydrogen (secondary N) is 1. The number of aromatic nitrogens is 4. The highest BCUT2D eigenvalue weighted by atomic mass is 32.1. The van der Waals surface area contributed by atoms with Gasteiger partial charge in [-0.25, -0.2) is 14.0 Å². The van der Waals surface area contributed by atoms with Crippen molar-refractivity contribution in [1.29, 1.82) is 0 Å². The van der Waals surface area contributed by atoms with Crippen LogP contribution in [0.1, 0.15) is 12.8 Å². The summed E-state index contributed by atoms with van der Waals surface area (Å²) < 4.78 is 3.30. The van der Waals surface area contributed by atoms with E-state index in [9.17, 15) is 4.79 Å². The van der Waals surface area contributed by atoms with Crippen LogP contribution in [0.15, 0.2) is 46.8 Å². The predicted molar refractivity (Wildman–Crippen MR) is 93.7 cm³/mol. The van der Waals surface area contributed by atoms with Crippen LogP contribution >= 0.6 is 11.3 Å². The molecule has 6 nitrogen and oxygen atoms in total.